The molecule has 2 aliphatic rings. The number of carbonyl (C=O) groups is 1. The van der Waals surface area contributed by atoms with E-state index >= 15 is 0 Å². The molecule has 6 nitrogen and oxygen atoms in total. The summed E-state index contributed by atoms with van der Waals surface area (Å²) in [4.78, 5) is 17.6. The van der Waals surface area contributed by atoms with E-state index in [1.54, 1.807) is 17.3 Å². The molecule has 2 saturated heterocycles. The van der Waals surface area contributed by atoms with Crippen LogP contribution in [-0.2, 0) is 25.6 Å². The Bertz CT molecular complexity index is 502. The number of ether oxygens (including phenoxy) is 3. The summed E-state index contributed by atoms with van der Waals surface area (Å²) in [5, 5.41) is 0. The molecule has 3 heterocycles. The van der Waals surface area contributed by atoms with Crippen molar-refractivity contribution in [2.24, 2.45) is 5.92 Å². The van der Waals surface area contributed by atoms with Crippen LogP contribution in [0.3, 0.4) is 0 Å². The molecule has 22 heavy (non-hydrogen) atoms. The number of carbonyl (C=O) groups excluding carboxylic acids is 1. The largest absolute Gasteiger partial charge is 0.376 e. The van der Waals surface area contributed by atoms with Crippen molar-refractivity contribution in [3.8, 4) is 0 Å². The van der Waals surface area contributed by atoms with Gasteiger partial charge in [0, 0.05) is 32.0 Å². The zero-order valence-electron chi connectivity index (χ0n) is 12.9. The average Bonchev–Trinajstić information content (AvgIpc) is 2.91. The van der Waals surface area contributed by atoms with E-state index in [1.165, 1.54) is 7.11 Å². The van der Waals surface area contributed by atoms with E-state index in [-0.39, 0.29) is 18.1 Å². The van der Waals surface area contributed by atoms with Crippen LogP contribution >= 0.6 is 0 Å². The smallest absolute Gasteiger partial charge is 0.248 e. The van der Waals surface area contributed by atoms with Crippen molar-refractivity contribution in [3.63, 3.8) is 0 Å². The summed E-state index contributed by atoms with van der Waals surface area (Å²) < 4.78 is 16.7. The quantitative estimate of drug-likeness (QED) is 0.780. The van der Waals surface area contributed by atoms with E-state index in [9.17, 15) is 4.79 Å². The van der Waals surface area contributed by atoms with Crippen LogP contribution in [0.5, 0.6) is 0 Å². The van der Waals surface area contributed by atoms with Crippen LogP contribution in [0.4, 0.5) is 0 Å². The minimum Gasteiger partial charge on any atom is -0.376 e. The summed E-state index contributed by atoms with van der Waals surface area (Å²) in [6.07, 6.45) is 4.52. The second-order valence-electron chi connectivity index (χ2n) is 5.95. The third-order valence-corrected chi connectivity index (χ3v) is 4.47. The van der Waals surface area contributed by atoms with Crippen LogP contribution in [0.2, 0.25) is 0 Å². The summed E-state index contributed by atoms with van der Waals surface area (Å²) in [5.41, 5.74) is 0.912. The number of likely N-dealkylation sites (tertiary alicyclic amines) is 1. The first-order valence-electron chi connectivity index (χ1n) is 7.61. The lowest BCUT2D eigenvalue weighted by molar-refractivity contribution is -0.172. The molecule has 1 atom stereocenters. The van der Waals surface area contributed by atoms with E-state index < -0.39 is 0 Å². The molecule has 2 aliphatic heterocycles. The molecule has 0 bridgehead atoms. The molecule has 3 rings (SSSR count). The highest BCUT2D eigenvalue weighted by molar-refractivity contribution is 5.78. The molecule has 1 amide bonds. The second kappa shape index (κ2) is 6.73. The number of methoxy groups -OCH3 is 1. The van der Waals surface area contributed by atoms with Crippen LogP contribution in [0.25, 0.3) is 0 Å². The van der Waals surface area contributed by atoms with Crippen molar-refractivity contribution >= 4 is 5.91 Å². The molecular weight excluding hydrogens is 284 g/mol. The minimum absolute atomic E-state index is 0.0279. The van der Waals surface area contributed by atoms with Crippen LogP contribution in [0.1, 0.15) is 12.0 Å². The van der Waals surface area contributed by atoms with Crippen LogP contribution in [-0.4, -0.2) is 61.4 Å². The Balaban J connectivity index is 1.47. The van der Waals surface area contributed by atoms with E-state index in [4.69, 9.17) is 14.2 Å². The molecule has 0 aliphatic carbocycles. The molecule has 6 heteroatoms. The molecule has 1 aromatic heterocycles. The predicted octanol–water partition coefficient (Wildman–Crippen LogP) is 0.862. The summed E-state index contributed by atoms with van der Waals surface area (Å²) in [7, 11) is 1.54. The number of hydrogen-bond acceptors (Lipinski definition) is 5. The highest BCUT2D eigenvalue weighted by Gasteiger charge is 2.54. The van der Waals surface area contributed by atoms with E-state index in [2.05, 4.69) is 4.98 Å². The van der Waals surface area contributed by atoms with Gasteiger partial charge in [-0.15, -0.1) is 0 Å². The monoisotopic (exact) mass is 306 g/mol. The van der Waals surface area contributed by atoms with Gasteiger partial charge in [-0.25, -0.2) is 0 Å². The number of nitrogens with zero attached hydrogens (tertiary/aromatic N) is 2. The van der Waals surface area contributed by atoms with Crippen LogP contribution in [0, 0.1) is 5.92 Å². The summed E-state index contributed by atoms with van der Waals surface area (Å²) in [6, 6.07) is 3.91. The maximum Gasteiger partial charge on any atom is 0.248 e. The zero-order chi connectivity index (χ0) is 15.4. The Hall–Kier alpha value is -1.50. The third-order valence-electron chi connectivity index (χ3n) is 4.47. The van der Waals surface area contributed by atoms with E-state index in [0.717, 1.165) is 18.6 Å². The highest BCUT2D eigenvalue weighted by atomic mass is 16.5. The fraction of sp³-hybridized carbons (Fsp3) is 0.625. The Morgan fingerprint density at radius 1 is 1.45 bits per heavy atom. The molecule has 0 unspecified atom stereocenters. The predicted molar refractivity (Wildman–Crippen MR) is 79.1 cm³/mol. The maximum atomic E-state index is 11.8. The first kappa shape index (κ1) is 15.4. The third kappa shape index (κ3) is 3.14. The van der Waals surface area contributed by atoms with Gasteiger partial charge in [-0.3, -0.25) is 9.78 Å². The van der Waals surface area contributed by atoms with Crippen molar-refractivity contribution in [1.29, 1.82) is 0 Å². The molecule has 0 saturated carbocycles. The fourth-order valence-electron chi connectivity index (χ4n) is 3.16. The lowest BCUT2D eigenvalue weighted by Crippen LogP contribution is -2.67. The molecule has 0 N–H and O–H groups in total. The molecule has 1 spiro atoms. The molecule has 120 valence electrons. The molecule has 1 aromatic rings. The standard InChI is InChI=1S/C16H22N2O4/c1-20-10-15(19)18-11-16(12-18)14(4-7-22-16)9-21-8-13-2-5-17-6-3-13/h2-3,5-6,14H,4,7-12H2,1H3/t14-/m1/s1. The topological polar surface area (TPSA) is 60.9 Å². The van der Waals surface area contributed by atoms with Crippen molar-refractivity contribution in [2.75, 3.05) is 40.0 Å². The lowest BCUT2D eigenvalue weighted by atomic mass is 9.81. The lowest BCUT2D eigenvalue weighted by Gasteiger charge is -2.50. The number of rotatable bonds is 6. The number of hydrogen-bond donors (Lipinski definition) is 0. The maximum absolute atomic E-state index is 11.8. The molecule has 2 fully saturated rings. The van der Waals surface area contributed by atoms with Gasteiger partial charge >= 0.3 is 0 Å². The van der Waals surface area contributed by atoms with Gasteiger partial charge < -0.3 is 19.1 Å². The summed E-state index contributed by atoms with van der Waals surface area (Å²) >= 11 is 0. The van der Waals surface area contributed by atoms with Crippen molar-refractivity contribution in [2.45, 2.75) is 18.6 Å². The van der Waals surface area contributed by atoms with Crippen molar-refractivity contribution in [3.05, 3.63) is 30.1 Å². The number of amides is 1. The first-order valence-corrected chi connectivity index (χ1v) is 7.61. The Kier molecular flexibility index (Phi) is 4.71. The number of aromatic nitrogens is 1. The van der Waals surface area contributed by atoms with Gasteiger partial charge in [0.25, 0.3) is 0 Å². The summed E-state index contributed by atoms with van der Waals surface area (Å²) in [6.45, 7) is 3.43. The molecular formula is C16H22N2O4. The second-order valence-corrected chi connectivity index (χ2v) is 5.95. The van der Waals surface area contributed by atoms with Gasteiger partial charge in [0.1, 0.15) is 12.2 Å². The Morgan fingerprint density at radius 3 is 2.95 bits per heavy atom. The normalized spacial score (nSPS) is 22.8. The minimum atomic E-state index is -0.207. The zero-order valence-corrected chi connectivity index (χ0v) is 12.9. The van der Waals surface area contributed by atoms with Gasteiger partial charge in [0.2, 0.25) is 5.91 Å². The Morgan fingerprint density at radius 2 is 2.23 bits per heavy atom. The summed E-state index contributed by atoms with van der Waals surface area (Å²) in [5.74, 6) is 0.376. The van der Waals surface area contributed by atoms with Crippen molar-refractivity contribution < 1.29 is 19.0 Å². The van der Waals surface area contributed by atoms with Gasteiger partial charge in [-0.2, -0.15) is 0 Å². The van der Waals surface area contributed by atoms with Gasteiger partial charge in [-0.05, 0) is 24.1 Å². The van der Waals surface area contributed by atoms with Gasteiger partial charge in [0.05, 0.1) is 26.3 Å². The first-order chi connectivity index (χ1) is 10.7. The van der Waals surface area contributed by atoms with Crippen molar-refractivity contribution in [1.82, 2.24) is 9.88 Å². The van der Waals surface area contributed by atoms with E-state index in [1.807, 2.05) is 12.1 Å². The Labute approximate surface area is 130 Å². The molecule has 0 aromatic carbocycles. The highest BCUT2D eigenvalue weighted by Crippen LogP contribution is 2.40. The van der Waals surface area contributed by atoms with Crippen LogP contribution < -0.4 is 0 Å². The SMILES string of the molecule is COCC(=O)N1CC2(C1)OCC[C@@H]2COCc1ccncc1. The van der Waals surface area contributed by atoms with Crippen LogP contribution in [0.15, 0.2) is 24.5 Å². The van der Waals surface area contributed by atoms with E-state index in [0.29, 0.717) is 32.2 Å². The number of pyridine rings is 1. The molecule has 0 radical (unpaired) electrons. The fourth-order valence-corrected chi connectivity index (χ4v) is 3.16. The van der Waals surface area contributed by atoms with Gasteiger partial charge in [0.15, 0.2) is 0 Å². The van der Waals surface area contributed by atoms with Gasteiger partial charge in [-0.1, -0.05) is 0 Å². The average molecular weight is 306 g/mol.